The highest BCUT2D eigenvalue weighted by molar-refractivity contribution is 6.30. The lowest BCUT2D eigenvalue weighted by Crippen LogP contribution is -2.46. The van der Waals surface area contributed by atoms with Crippen LogP contribution in [0.25, 0.3) is 0 Å². The van der Waals surface area contributed by atoms with Gasteiger partial charge in [-0.25, -0.2) is 0 Å². The van der Waals surface area contributed by atoms with Gasteiger partial charge in [-0.05, 0) is 36.2 Å². The summed E-state index contributed by atoms with van der Waals surface area (Å²) in [6.07, 6.45) is -4.86. The number of carbonyl (C=O) groups excluding carboxylic acids is 2. The number of fused-ring (bicyclic) bond motifs is 1. The zero-order valence-corrected chi connectivity index (χ0v) is 20.5. The van der Waals surface area contributed by atoms with Gasteiger partial charge in [0.25, 0.3) is 11.8 Å². The Morgan fingerprint density at radius 2 is 1.76 bits per heavy atom. The molecule has 3 aromatic rings. The number of nitrogens with zero attached hydrogens (tertiary/aromatic N) is 4. The van der Waals surface area contributed by atoms with Gasteiger partial charge in [-0.3, -0.25) is 19.1 Å². The fourth-order valence-corrected chi connectivity index (χ4v) is 4.07. The van der Waals surface area contributed by atoms with Gasteiger partial charge in [0.05, 0.1) is 6.54 Å². The highest BCUT2D eigenvalue weighted by Crippen LogP contribution is 2.35. The number of hydrogen-bond acceptors (Lipinski definition) is 6. The summed E-state index contributed by atoms with van der Waals surface area (Å²) < 4.78 is 49.3. The smallest absolute Gasteiger partial charge is 0.425 e. The maximum Gasteiger partial charge on any atom is 0.573 e. The zero-order valence-electron chi connectivity index (χ0n) is 19.7. The van der Waals surface area contributed by atoms with E-state index in [4.69, 9.17) is 16.3 Å². The summed E-state index contributed by atoms with van der Waals surface area (Å²) in [6.45, 7) is -0.241. The number of amides is 2. The van der Waals surface area contributed by atoms with Gasteiger partial charge in [0.2, 0.25) is 0 Å². The fraction of sp³-hybridized carbons (Fsp3) is 0.292. The van der Waals surface area contributed by atoms with Crippen molar-refractivity contribution in [3.05, 3.63) is 64.8 Å². The molecule has 1 atom stereocenters. The second-order valence-electron chi connectivity index (χ2n) is 8.25. The molecule has 0 saturated carbocycles. The molecule has 4 rings (SSSR count). The van der Waals surface area contributed by atoms with E-state index in [-0.39, 0.29) is 42.8 Å². The van der Waals surface area contributed by atoms with Crippen LogP contribution < -0.4 is 14.4 Å². The highest BCUT2D eigenvalue weighted by Gasteiger charge is 2.40. The average Bonchev–Trinajstić information content (AvgIpc) is 3.16. The van der Waals surface area contributed by atoms with E-state index in [0.29, 0.717) is 10.6 Å². The van der Waals surface area contributed by atoms with Gasteiger partial charge in [0.15, 0.2) is 11.5 Å². The molecule has 2 heterocycles. The maximum atomic E-state index is 13.5. The summed E-state index contributed by atoms with van der Waals surface area (Å²) in [7, 11) is 2.89. The first-order valence-corrected chi connectivity index (χ1v) is 11.4. The van der Waals surface area contributed by atoms with Crippen molar-refractivity contribution in [1.82, 2.24) is 14.5 Å². The number of aliphatic hydroxyl groups is 1. The number of carbonyl (C=O) groups is 2. The van der Waals surface area contributed by atoms with Crippen molar-refractivity contribution in [3.8, 4) is 17.5 Å². The molecule has 37 heavy (non-hydrogen) atoms. The standard InChI is InChI=1S/C24H22ClF3N4O5/c1-30-18(10-11-33)21(34)31(2)20-19(22(30)35)32(13-14-6-8-15(25)9-7-14)23(29-20)36-16-4-3-5-17(12-16)37-24(26,27)28/h3-9,12,18,33H,10-11,13H2,1-2H3. The number of imidazole rings is 1. The molecule has 2 aromatic carbocycles. The highest BCUT2D eigenvalue weighted by atomic mass is 35.5. The monoisotopic (exact) mass is 538 g/mol. The third kappa shape index (κ3) is 5.65. The third-order valence-electron chi connectivity index (χ3n) is 5.74. The van der Waals surface area contributed by atoms with Crippen molar-refractivity contribution in [2.45, 2.75) is 25.4 Å². The van der Waals surface area contributed by atoms with E-state index in [9.17, 15) is 27.9 Å². The van der Waals surface area contributed by atoms with Crippen LogP contribution in [0.2, 0.25) is 5.02 Å². The first-order chi connectivity index (χ1) is 17.5. The van der Waals surface area contributed by atoms with E-state index in [1.807, 2.05) is 0 Å². The van der Waals surface area contributed by atoms with Crippen LogP contribution in [0.3, 0.4) is 0 Å². The molecule has 1 aliphatic heterocycles. The Morgan fingerprint density at radius 1 is 1.08 bits per heavy atom. The summed E-state index contributed by atoms with van der Waals surface area (Å²) in [6, 6.07) is 10.6. The van der Waals surface area contributed by atoms with E-state index < -0.39 is 30.0 Å². The van der Waals surface area contributed by atoms with Gasteiger partial charge in [-0.2, -0.15) is 4.98 Å². The topological polar surface area (TPSA) is 97.1 Å². The number of aliphatic hydroxyl groups excluding tert-OH is 1. The summed E-state index contributed by atoms with van der Waals surface area (Å²) in [5.74, 6) is -1.54. The third-order valence-corrected chi connectivity index (χ3v) is 5.99. The summed E-state index contributed by atoms with van der Waals surface area (Å²) in [4.78, 5) is 33.4. The number of anilines is 1. The Bertz CT molecular complexity index is 1310. The van der Waals surface area contributed by atoms with Crippen LogP contribution in [0.1, 0.15) is 22.5 Å². The van der Waals surface area contributed by atoms with Crippen LogP contribution in [0, 0.1) is 0 Å². The second-order valence-corrected chi connectivity index (χ2v) is 8.68. The largest absolute Gasteiger partial charge is 0.573 e. The van der Waals surface area contributed by atoms with Gasteiger partial charge in [-0.15, -0.1) is 13.2 Å². The lowest BCUT2D eigenvalue weighted by molar-refractivity contribution is -0.274. The van der Waals surface area contributed by atoms with E-state index in [2.05, 4.69) is 9.72 Å². The van der Waals surface area contributed by atoms with E-state index in [1.165, 1.54) is 40.6 Å². The van der Waals surface area contributed by atoms with E-state index in [0.717, 1.165) is 12.1 Å². The van der Waals surface area contributed by atoms with Crippen LogP contribution in [-0.2, 0) is 11.3 Å². The quantitative estimate of drug-likeness (QED) is 0.487. The summed E-state index contributed by atoms with van der Waals surface area (Å²) >= 11 is 5.99. The fourth-order valence-electron chi connectivity index (χ4n) is 3.94. The Hall–Kier alpha value is -3.77. The number of alkyl halides is 3. The summed E-state index contributed by atoms with van der Waals surface area (Å²) in [5.41, 5.74) is 0.746. The van der Waals surface area contributed by atoms with E-state index >= 15 is 0 Å². The van der Waals surface area contributed by atoms with E-state index in [1.54, 1.807) is 24.3 Å². The number of halogens is 4. The van der Waals surface area contributed by atoms with Crippen molar-refractivity contribution < 1.29 is 37.3 Å². The minimum atomic E-state index is -4.89. The minimum absolute atomic E-state index is 0.00829. The van der Waals surface area contributed by atoms with Crippen molar-refractivity contribution in [3.63, 3.8) is 0 Å². The van der Waals surface area contributed by atoms with Crippen LogP contribution in [0.5, 0.6) is 17.5 Å². The number of rotatable bonds is 7. The Morgan fingerprint density at radius 3 is 2.41 bits per heavy atom. The first kappa shape index (κ1) is 26.3. The molecule has 13 heteroatoms. The zero-order chi connectivity index (χ0) is 26.9. The van der Waals surface area contributed by atoms with Crippen molar-refractivity contribution in [1.29, 1.82) is 0 Å². The number of benzene rings is 2. The molecule has 0 spiro atoms. The molecule has 0 bridgehead atoms. The SMILES string of the molecule is CN1C(=O)C(CCO)N(C)C(=O)c2c1nc(Oc1cccc(OC(F)(F)F)c1)n2Cc1ccc(Cl)cc1. The van der Waals surface area contributed by atoms with Gasteiger partial charge < -0.3 is 19.5 Å². The van der Waals surface area contributed by atoms with Crippen molar-refractivity contribution in [2.75, 3.05) is 25.6 Å². The van der Waals surface area contributed by atoms with Gasteiger partial charge in [-0.1, -0.05) is 29.8 Å². The lowest BCUT2D eigenvalue weighted by atomic mass is 10.1. The molecule has 0 fully saturated rings. The summed E-state index contributed by atoms with van der Waals surface area (Å²) in [5, 5.41) is 9.92. The average molecular weight is 539 g/mol. The molecule has 0 aliphatic carbocycles. The molecule has 2 amide bonds. The lowest BCUT2D eigenvalue weighted by Gasteiger charge is -2.26. The second kappa shape index (κ2) is 10.3. The van der Waals surface area contributed by atoms with Gasteiger partial charge >= 0.3 is 12.4 Å². The minimum Gasteiger partial charge on any atom is -0.425 e. The van der Waals surface area contributed by atoms with Crippen molar-refractivity contribution in [2.24, 2.45) is 0 Å². The van der Waals surface area contributed by atoms with Crippen LogP contribution in [0.15, 0.2) is 48.5 Å². The number of aromatic nitrogens is 2. The first-order valence-electron chi connectivity index (χ1n) is 11.0. The predicted molar refractivity (Wildman–Crippen MR) is 127 cm³/mol. The van der Waals surface area contributed by atoms with Crippen LogP contribution in [0.4, 0.5) is 19.0 Å². The number of hydrogen-bond donors (Lipinski definition) is 1. The molecule has 1 aliphatic rings. The number of likely N-dealkylation sites (N-methyl/N-ethyl adjacent to an activating group) is 2. The molecule has 9 nitrogen and oxygen atoms in total. The van der Waals surface area contributed by atoms with Crippen LogP contribution >= 0.6 is 11.6 Å². The number of ether oxygens (including phenoxy) is 2. The van der Waals surface area contributed by atoms with Crippen LogP contribution in [-0.4, -0.2) is 64.5 Å². The molecular weight excluding hydrogens is 517 g/mol. The molecule has 0 saturated heterocycles. The molecule has 1 unspecified atom stereocenters. The van der Waals surface area contributed by atoms with Crippen molar-refractivity contribution >= 4 is 29.2 Å². The molecule has 1 N–H and O–H groups in total. The predicted octanol–water partition coefficient (Wildman–Crippen LogP) is 4.08. The molecule has 196 valence electrons. The Kier molecular flexibility index (Phi) is 7.32. The van der Waals surface area contributed by atoms with Gasteiger partial charge in [0.1, 0.15) is 17.5 Å². The maximum absolute atomic E-state index is 13.5. The molecule has 1 aromatic heterocycles. The molecule has 0 radical (unpaired) electrons. The normalized spacial score (nSPS) is 16.0. The molecular formula is C24H22ClF3N4O5. The Balaban J connectivity index is 1.81. The Labute approximate surface area is 214 Å². The van der Waals surface area contributed by atoms with Gasteiger partial charge in [0, 0.05) is 31.8 Å².